The van der Waals surface area contributed by atoms with Gasteiger partial charge in [-0.3, -0.25) is 0 Å². The van der Waals surface area contributed by atoms with E-state index in [-0.39, 0.29) is 5.43 Å². The molecule has 2 nitrogen and oxygen atoms in total. The number of hydrogen-bond donors (Lipinski definition) is 0. The van der Waals surface area contributed by atoms with E-state index in [9.17, 15) is 4.79 Å². The molecule has 0 aromatic heterocycles. The summed E-state index contributed by atoms with van der Waals surface area (Å²) in [5.74, 6) is 0.390. The second-order valence-electron chi connectivity index (χ2n) is 6.52. The van der Waals surface area contributed by atoms with Crippen LogP contribution >= 0.6 is 0 Å². The fourth-order valence-electron chi connectivity index (χ4n) is 3.46. The predicted octanol–water partition coefficient (Wildman–Crippen LogP) is 3.09. The van der Waals surface area contributed by atoms with Gasteiger partial charge in [-0.2, -0.15) is 0 Å². The number of benzene rings is 3. The van der Waals surface area contributed by atoms with Gasteiger partial charge in [0.1, 0.15) is 0 Å². The maximum absolute atomic E-state index is 12.7. The summed E-state index contributed by atoms with van der Waals surface area (Å²) in [7, 11) is 0. The maximum atomic E-state index is 12.7. The van der Waals surface area contributed by atoms with Crippen molar-refractivity contribution in [2.24, 2.45) is 0 Å². The van der Waals surface area contributed by atoms with Crippen LogP contribution in [0.2, 0.25) is 0 Å². The minimum atomic E-state index is -3.63. The van der Waals surface area contributed by atoms with Crippen LogP contribution in [0.25, 0.3) is 0 Å². The van der Waals surface area contributed by atoms with Crippen molar-refractivity contribution in [1.29, 1.82) is 0 Å². The van der Waals surface area contributed by atoms with Gasteiger partial charge in [-0.1, -0.05) is 0 Å². The van der Waals surface area contributed by atoms with Crippen molar-refractivity contribution in [3.05, 3.63) is 132 Å². The van der Waals surface area contributed by atoms with E-state index in [1.54, 1.807) is 18.2 Å². The molecule has 0 aliphatic rings. The van der Waals surface area contributed by atoms with Crippen LogP contribution in [0.15, 0.2) is 126 Å². The van der Waals surface area contributed by atoms with Gasteiger partial charge in [-0.05, 0) is 0 Å². The fourth-order valence-corrected chi connectivity index (χ4v) is 11.5. The van der Waals surface area contributed by atoms with Gasteiger partial charge in [0.05, 0.1) is 0 Å². The SMILES string of the molecule is O=c1cccccc1[O][Ge]([c]1ccccc1)([c]1ccccc1)[c]1ccccc1. The van der Waals surface area contributed by atoms with E-state index in [1.807, 2.05) is 66.7 Å². The first-order valence-electron chi connectivity index (χ1n) is 9.26. The molecule has 4 aromatic carbocycles. The van der Waals surface area contributed by atoms with E-state index in [1.165, 1.54) is 0 Å². The molecule has 4 aromatic rings. The average molecular weight is 425 g/mol. The summed E-state index contributed by atoms with van der Waals surface area (Å²) in [4.78, 5) is 12.7. The molecular weight excluding hydrogens is 405 g/mol. The standard InChI is InChI=1S/C25H20GeO2/c27-24-19-11-4-12-20-25(24)28-26(21-13-5-1-6-14-21,22-15-7-2-8-16-22)23-17-9-3-10-18-23/h1-20H. The van der Waals surface area contributed by atoms with E-state index in [4.69, 9.17) is 3.76 Å². The first-order valence-corrected chi connectivity index (χ1v) is 13.3. The van der Waals surface area contributed by atoms with Gasteiger partial charge in [0.2, 0.25) is 0 Å². The van der Waals surface area contributed by atoms with Crippen molar-refractivity contribution >= 4 is 26.8 Å². The zero-order valence-electron chi connectivity index (χ0n) is 15.4. The normalized spacial score (nSPS) is 11.0. The monoisotopic (exact) mass is 426 g/mol. The minimum absolute atomic E-state index is 0.109. The molecule has 0 heterocycles. The van der Waals surface area contributed by atoms with E-state index < -0.39 is 13.6 Å². The summed E-state index contributed by atoms with van der Waals surface area (Å²) in [5, 5.41) is 0. The molecule has 28 heavy (non-hydrogen) atoms. The van der Waals surface area contributed by atoms with Crippen molar-refractivity contribution in [2.75, 3.05) is 0 Å². The third-order valence-corrected chi connectivity index (χ3v) is 13.1. The molecule has 0 saturated heterocycles. The second-order valence-corrected chi connectivity index (χ2v) is 13.4. The summed E-state index contributed by atoms with van der Waals surface area (Å²) in [6.45, 7) is 0. The van der Waals surface area contributed by atoms with Crippen LogP contribution in [0.5, 0.6) is 5.75 Å². The molecule has 0 spiro atoms. The Morgan fingerprint density at radius 1 is 0.464 bits per heavy atom. The Bertz CT molecular complexity index is 1000. The molecule has 136 valence electrons. The van der Waals surface area contributed by atoms with E-state index in [2.05, 4.69) is 36.4 Å². The predicted molar refractivity (Wildman–Crippen MR) is 117 cm³/mol. The van der Waals surface area contributed by atoms with Crippen LogP contribution in [0.1, 0.15) is 0 Å². The zero-order valence-corrected chi connectivity index (χ0v) is 17.5. The van der Waals surface area contributed by atoms with Crippen molar-refractivity contribution < 1.29 is 3.76 Å². The molecule has 0 aliphatic heterocycles. The van der Waals surface area contributed by atoms with Crippen molar-refractivity contribution in [3.8, 4) is 5.75 Å². The Hall–Kier alpha value is -3.11. The molecule has 0 amide bonds. The first-order chi connectivity index (χ1) is 13.8. The van der Waals surface area contributed by atoms with Gasteiger partial charge in [-0.15, -0.1) is 0 Å². The van der Waals surface area contributed by atoms with Crippen LogP contribution in [0.4, 0.5) is 0 Å². The molecule has 0 bridgehead atoms. The van der Waals surface area contributed by atoms with Gasteiger partial charge in [0.15, 0.2) is 0 Å². The van der Waals surface area contributed by atoms with Crippen LogP contribution in [0.3, 0.4) is 0 Å². The zero-order chi connectivity index (χ0) is 19.2. The Kier molecular flexibility index (Phi) is 5.40. The fraction of sp³-hybridized carbons (Fsp3) is 0. The molecule has 3 heteroatoms. The third kappa shape index (κ3) is 3.51. The van der Waals surface area contributed by atoms with Crippen molar-refractivity contribution in [2.45, 2.75) is 0 Å². The molecule has 0 unspecified atom stereocenters. The van der Waals surface area contributed by atoms with Gasteiger partial charge in [0.25, 0.3) is 0 Å². The van der Waals surface area contributed by atoms with E-state index in [0.29, 0.717) is 5.75 Å². The Balaban J connectivity index is 2.04. The second kappa shape index (κ2) is 8.28. The van der Waals surface area contributed by atoms with Crippen molar-refractivity contribution in [1.82, 2.24) is 0 Å². The van der Waals surface area contributed by atoms with E-state index in [0.717, 1.165) is 13.2 Å². The number of hydrogen-bond acceptors (Lipinski definition) is 2. The summed E-state index contributed by atoms with van der Waals surface area (Å²) in [6.07, 6.45) is 0. The van der Waals surface area contributed by atoms with Gasteiger partial charge >= 0.3 is 168 Å². The summed E-state index contributed by atoms with van der Waals surface area (Å²) >= 11 is -3.63. The van der Waals surface area contributed by atoms with Crippen LogP contribution in [0, 0.1) is 0 Å². The van der Waals surface area contributed by atoms with Gasteiger partial charge in [0, 0.05) is 0 Å². The average Bonchev–Trinajstić information content (AvgIpc) is 2.98. The Labute approximate surface area is 167 Å². The molecule has 0 saturated carbocycles. The summed E-state index contributed by atoms with van der Waals surface area (Å²) in [5.41, 5.74) is -0.109. The molecule has 0 aliphatic carbocycles. The molecule has 0 atom stereocenters. The van der Waals surface area contributed by atoms with Gasteiger partial charge in [-0.25, -0.2) is 0 Å². The van der Waals surface area contributed by atoms with E-state index >= 15 is 0 Å². The van der Waals surface area contributed by atoms with Crippen LogP contribution in [-0.2, 0) is 0 Å². The van der Waals surface area contributed by atoms with Crippen LogP contribution < -0.4 is 22.4 Å². The molecule has 4 rings (SSSR count). The van der Waals surface area contributed by atoms with Crippen molar-refractivity contribution in [3.63, 3.8) is 0 Å². The van der Waals surface area contributed by atoms with Crippen LogP contribution in [-0.4, -0.2) is 13.6 Å². The third-order valence-electron chi connectivity index (χ3n) is 4.76. The Morgan fingerprint density at radius 2 is 0.821 bits per heavy atom. The quantitative estimate of drug-likeness (QED) is 0.460. The number of rotatable bonds is 5. The molecule has 0 radical (unpaired) electrons. The first kappa shape index (κ1) is 18.3. The molecule has 0 fully saturated rings. The van der Waals surface area contributed by atoms with Gasteiger partial charge < -0.3 is 0 Å². The summed E-state index contributed by atoms with van der Waals surface area (Å²) < 4.78 is 10.3. The molecular formula is C25H20GeO2. The topological polar surface area (TPSA) is 26.3 Å². The Morgan fingerprint density at radius 3 is 1.25 bits per heavy atom. The molecule has 0 N–H and O–H groups in total. The summed E-state index contributed by atoms with van der Waals surface area (Å²) in [6, 6.07) is 39.7.